The Hall–Kier alpha value is -3.43. The van der Waals surface area contributed by atoms with Crippen LogP contribution in [0.5, 0.6) is 5.75 Å². The average Bonchev–Trinajstić information content (AvgIpc) is 3.41. The van der Waals surface area contributed by atoms with Gasteiger partial charge in [0.15, 0.2) is 0 Å². The molecule has 1 aliphatic carbocycles. The van der Waals surface area contributed by atoms with Crippen molar-refractivity contribution < 1.29 is 33.8 Å². The molecule has 3 rings (SSSR count). The number of carboxylic acid groups (broad SMARTS) is 1. The van der Waals surface area contributed by atoms with Gasteiger partial charge in [0, 0.05) is 17.7 Å². The SMILES string of the molecule is COc1cccc(C(=O)N[C@H](C(=O)N2C[C@@H]3CC[C@@]2(C(=O)N[C@H](C=O)CC(=O)O)C3)C(C)(C)C)c1C. The van der Waals surface area contributed by atoms with Crippen LogP contribution in [0, 0.1) is 18.3 Å². The molecule has 10 heteroatoms. The van der Waals surface area contributed by atoms with Crippen molar-refractivity contribution >= 4 is 30.0 Å². The number of fused-ring (bicyclic) bond motifs is 2. The van der Waals surface area contributed by atoms with Crippen LogP contribution in [0.4, 0.5) is 0 Å². The number of methoxy groups -OCH3 is 1. The van der Waals surface area contributed by atoms with Crippen LogP contribution < -0.4 is 15.4 Å². The summed E-state index contributed by atoms with van der Waals surface area (Å²) in [6.07, 6.45) is 1.45. The predicted octanol–water partition coefficient (Wildman–Crippen LogP) is 1.69. The first-order chi connectivity index (χ1) is 16.8. The lowest BCUT2D eigenvalue weighted by molar-refractivity contribution is -0.150. The fraction of sp³-hybridized carbons (Fsp3) is 0.577. The second-order valence-corrected chi connectivity index (χ2v) is 10.8. The third kappa shape index (κ3) is 5.22. The maximum absolute atomic E-state index is 13.9. The lowest BCUT2D eigenvalue weighted by Crippen LogP contribution is -2.64. The third-order valence-electron chi connectivity index (χ3n) is 7.25. The van der Waals surface area contributed by atoms with Gasteiger partial charge in [-0.2, -0.15) is 0 Å². The van der Waals surface area contributed by atoms with Gasteiger partial charge >= 0.3 is 5.97 Å². The van der Waals surface area contributed by atoms with Crippen LogP contribution in [-0.2, 0) is 19.2 Å². The molecule has 1 heterocycles. The number of hydrogen-bond donors (Lipinski definition) is 3. The zero-order chi connectivity index (χ0) is 26.8. The summed E-state index contributed by atoms with van der Waals surface area (Å²) in [6.45, 7) is 7.64. The molecule has 0 spiro atoms. The van der Waals surface area contributed by atoms with E-state index in [9.17, 15) is 24.0 Å². The number of amides is 3. The van der Waals surface area contributed by atoms with Crippen molar-refractivity contribution in [2.24, 2.45) is 11.3 Å². The normalized spacial score (nSPS) is 22.5. The highest BCUT2D eigenvalue weighted by molar-refractivity contribution is 6.01. The molecule has 0 aromatic heterocycles. The smallest absolute Gasteiger partial charge is 0.305 e. The van der Waals surface area contributed by atoms with Crippen LogP contribution in [0.25, 0.3) is 0 Å². The highest BCUT2D eigenvalue weighted by atomic mass is 16.5. The largest absolute Gasteiger partial charge is 0.496 e. The van der Waals surface area contributed by atoms with Crippen LogP contribution >= 0.6 is 0 Å². The van der Waals surface area contributed by atoms with E-state index in [2.05, 4.69) is 10.6 Å². The number of ether oxygens (including phenoxy) is 1. The highest BCUT2D eigenvalue weighted by Gasteiger charge is 2.59. The van der Waals surface area contributed by atoms with Crippen molar-refractivity contribution in [3.8, 4) is 5.75 Å². The highest BCUT2D eigenvalue weighted by Crippen LogP contribution is 2.47. The summed E-state index contributed by atoms with van der Waals surface area (Å²) in [4.78, 5) is 64.5. The second kappa shape index (κ2) is 10.3. The lowest BCUT2D eigenvalue weighted by Gasteiger charge is -2.42. The van der Waals surface area contributed by atoms with Gasteiger partial charge < -0.3 is 30.2 Å². The number of carbonyl (C=O) groups is 5. The number of carboxylic acids is 1. The van der Waals surface area contributed by atoms with E-state index in [-0.39, 0.29) is 11.8 Å². The molecule has 1 aromatic rings. The number of nitrogens with one attached hydrogen (secondary N) is 2. The topological polar surface area (TPSA) is 142 Å². The standard InChI is InChI=1S/C26H35N3O7/c1-15-18(7-6-8-19(15)36-5)22(33)28-21(25(2,3)4)23(34)29-13-16-9-10-26(29,12-16)24(35)27-17(14-30)11-20(31)32/h6-8,14,16-17,21H,9-13H2,1-5H3,(H,27,35)(H,28,33)(H,31,32)/t16-,17+,21-,26+/m1/s1. The number of likely N-dealkylation sites (tertiary alicyclic amines) is 1. The van der Waals surface area contributed by atoms with E-state index in [1.807, 2.05) is 20.8 Å². The number of piperidine rings is 1. The molecule has 196 valence electrons. The van der Waals surface area contributed by atoms with Gasteiger partial charge in [0.2, 0.25) is 11.8 Å². The van der Waals surface area contributed by atoms with Gasteiger partial charge in [-0.25, -0.2) is 0 Å². The Labute approximate surface area is 210 Å². The molecule has 10 nitrogen and oxygen atoms in total. The first kappa shape index (κ1) is 27.2. The van der Waals surface area contributed by atoms with Crippen LogP contribution in [0.1, 0.15) is 62.4 Å². The maximum atomic E-state index is 13.9. The number of benzene rings is 1. The monoisotopic (exact) mass is 501 g/mol. The molecule has 2 bridgehead atoms. The Morgan fingerprint density at radius 1 is 1.25 bits per heavy atom. The Morgan fingerprint density at radius 2 is 1.94 bits per heavy atom. The van der Waals surface area contributed by atoms with E-state index < -0.39 is 47.2 Å². The lowest BCUT2D eigenvalue weighted by atomic mass is 9.84. The molecule has 36 heavy (non-hydrogen) atoms. The summed E-state index contributed by atoms with van der Waals surface area (Å²) in [5.74, 6) is -1.88. The van der Waals surface area contributed by atoms with Gasteiger partial charge in [-0.05, 0) is 49.7 Å². The first-order valence-corrected chi connectivity index (χ1v) is 12.1. The van der Waals surface area contributed by atoms with Crippen molar-refractivity contribution in [3.05, 3.63) is 29.3 Å². The molecule has 0 radical (unpaired) electrons. The maximum Gasteiger partial charge on any atom is 0.305 e. The summed E-state index contributed by atoms with van der Waals surface area (Å²) in [6, 6.07) is 2.99. The second-order valence-electron chi connectivity index (χ2n) is 10.8. The van der Waals surface area contributed by atoms with Crippen molar-refractivity contribution in [1.82, 2.24) is 15.5 Å². The molecule has 4 atom stereocenters. The summed E-state index contributed by atoms with van der Waals surface area (Å²) >= 11 is 0. The quantitative estimate of drug-likeness (QED) is 0.437. The van der Waals surface area contributed by atoms with Crippen LogP contribution in [0.15, 0.2) is 18.2 Å². The molecule has 3 N–H and O–H groups in total. The van der Waals surface area contributed by atoms with E-state index in [4.69, 9.17) is 9.84 Å². The first-order valence-electron chi connectivity index (χ1n) is 12.1. The molecule has 1 saturated carbocycles. The number of aldehydes is 1. The van der Waals surface area contributed by atoms with Crippen LogP contribution in [-0.4, -0.2) is 71.3 Å². The van der Waals surface area contributed by atoms with Crippen molar-refractivity contribution in [3.63, 3.8) is 0 Å². The zero-order valence-corrected chi connectivity index (χ0v) is 21.4. The number of nitrogens with zero attached hydrogens (tertiary/aromatic N) is 1. The number of rotatable bonds is 9. The number of hydrogen-bond acceptors (Lipinski definition) is 6. The summed E-state index contributed by atoms with van der Waals surface area (Å²) in [5.41, 5.74) is -0.823. The molecule has 0 unspecified atom stereocenters. The van der Waals surface area contributed by atoms with Crippen LogP contribution in [0.2, 0.25) is 0 Å². The minimum Gasteiger partial charge on any atom is -0.496 e. The zero-order valence-electron chi connectivity index (χ0n) is 21.4. The Bertz CT molecular complexity index is 1060. The van der Waals surface area contributed by atoms with E-state index >= 15 is 0 Å². The summed E-state index contributed by atoms with van der Waals surface area (Å²) < 4.78 is 5.31. The summed E-state index contributed by atoms with van der Waals surface area (Å²) in [5, 5.41) is 14.4. The molecule has 1 aromatic carbocycles. The number of carbonyl (C=O) groups excluding carboxylic acids is 4. The fourth-order valence-electron chi connectivity index (χ4n) is 5.31. The molecular weight excluding hydrogens is 466 g/mol. The molecular formula is C26H35N3O7. The van der Waals surface area contributed by atoms with E-state index in [0.717, 1.165) is 6.42 Å². The van der Waals surface area contributed by atoms with Gasteiger partial charge in [0.05, 0.1) is 19.6 Å². The summed E-state index contributed by atoms with van der Waals surface area (Å²) in [7, 11) is 1.52. The minimum atomic E-state index is -1.21. The third-order valence-corrected chi connectivity index (χ3v) is 7.25. The number of aliphatic carboxylic acids is 1. The van der Waals surface area contributed by atoms with E-state index in [0.29, 0.717) is 42.5 Å². The Balaban J connectivity index is 1.88. The average molecular weight is 502 g/mol. The fourth-order valence-corrected chi connectivity index (χ4v) is 5.31. The van der Waals surface area contributed by atoms with Gasteiger partial charge in [-0.15, -0.1) is 0 Å². The molecule has 2 aliphatic rings. The Morgan fingerprint density at radius 3 is 2.50 bits per heavy atom. The molecule has 3 amide bonds. The van der Waals surface area contributed by atoms with E-state index in [1.165, 1.54) is 12.0 Å². The van der Waals surface area contributed by atoms with Crippen molar-refractivity contribution in [1.29, 1.82) is 0 Å². The molecule has 2 fully saturated rings. The Kier molecular flexibility index (Phi) is 7.76. The van der Waals surface area contributed by atoms with Gasteiger partial charge in [-0.1, -0.05) is 26.8 Å². The van der Waals surface area contributed by atoms with Gasteiger partial charge in [0.1, 0.15) is 23.6 Å². The molecule has 1 saturated heterocycles. The van der Waals surface area contributed by atoms with Crippen LogP contribution in [0.3, 0.4) is 0 Å². The van der Waals surface area contributed by atoms with E-state index in [1.54, 1.807) is 25.1 Å². The van der Waals surface area contributed by atoms with Crippen molar-refractivity contribution in [2.75, 3.05) is 13.7 Å². The predicted molar refractivity (Wildman–Crippen MR) is 130 cm³/mol. The minimum absolute atomic E-state index is 0.116. The molecule has 1 aliphatic heterocycles. The van der Waals surface area contributed by atoms with Gasteiger partial charge in [-0.3, -0.25) is 19.2 Å². The van der Waals surface area contributed by atoms with Crippen molar-refractivity contribution in [2.45, 2.75) is 71.0 Å². The van der Waals surface area contributed by atoms with Gasteiger partial charge in [0.25, 0.3) is 5.91 Å².